The number of hydrogen-bond donors (Lipinski definition) is 1. The number of H-pyrrole nitrogens is 1. The smallest absolute Gasteiger partial charge is 0.131 e. The summed E-state index contributed by atoms with van der Waals surface area (Å²) >= 11 is 0. The fourth-order valence-electron chi connectivity index (χ4n) is 3.53. The van der Waals surface area contributed by atoms with Gasteiger partial charge in [-0.3, -0.25) is 5.10 Å². The van der Waals surface area contributed by atoms with Crippen molar-refractivity contribution in [2.24, 2.45) is 5.92 Å². The van der Waals surface area contributed by atoms with Gasteiger partial charge in [-0.05, 0) is 53.8 Å². The van der Waals surface area contributed by atoms with Crippen LogP contribution in [0.1, 0.15) is 24.6 Å². The quantitative estimate of drug-likeness (QED) is 0.555. The lowest BCUT2D eigenvalue weighted by Gasteiger charge is -2.12. The molecule has 1 aliphatic rings. The minimum Gasteiger partial charge on any atom is -0.497 e. The first-order valence-corrected chi connectivity index (χ1v) is 10.0. The Hall–Kier alpha value is -3.47. The van der Waals surface area contributed by atoms with Crippen LogP contribution >= 0.6 is 0 Å². The molecule has 30 heavy (non-hydrogen) atoms. The van der Waals surface area contributed by atoms with Gasteiger partial charge in [-0.1, -0.05) is 37.3 Å². The molecule has 0 saturated heterocycles. The molecule has 0 aliphatic heterocycles. The van der Waals surface area contributed by atoms with E-state index in [-0.39, 0.29) is 0 Å². The zero-order valence-corrected chi connectivity index (χ0v) is 17.5. The van der Waals surface area contributed by atoms with E-state index in [0.717, 1.165) is 46.2 Å². The van der Waals surface area contributed by atoms with E-state index in [1.807, 2.05) is 42.5 Å². The molecule has 2 aromatic carbocycles. The van der Waals surface area contributed by atoms with Crippen molar-refractivity contribution in [2.45, 2.75) is 20.0 Å². The summed E-state index contributed by atoms with van der Waals surface area (Å²) in [5.74, 6) is 2.85. The lowest BCUT2D eigenvalue weighted by atomic mass is 9.94. The van der Waals surface area contributed by atoms with Crippen LogP contribution in [0.3, 0.4) is 0 Å². The summed E-state index contributed by atoms with van der Waals surface area (Å²) in [6.07, 6.45) is 7.45. The largest absolute Gasteiger partial charge is 0.497 e. The molecule has 1 aliphatic carbocycles. The van der Waals surface area contributed by atoms with E-state index in [1.54, 1.807) is 14.2 Å². The van der Waals surface area contributed by atoms with Gasteiger partial charge in [0.1, 0.15) is 23.9 Å². The van der Waals surface area contributed by atoms with E-state index in [0.29, 0.717) is 12.5 Å². The Balaban J connectivity index is 1.49. The monoisotopic (exact) mass is 402 g/mol. The van der Waals surface area contributed by atoms with Crippen molar-refractivity contribution in [2.75, 3.05) is 14.2 Å². The van der Waals surface area contributed by atoms with Gasteiger partial charge in [-0.2, -0.15) is 5.10 Å². The Morgan fingerprint density at radius 1 is 1.00 bits per heavy atom. The number of hydrogen-bond acceptors (Lipinski definition) is 4. The highest BCUT2D eigenvalue weighted by Gasteiger charge is 2.15. The van der Waals surface area contributed by atoms with Crippen LogP contribution in [0.5, 0.6) is 17.2 Å². The standard InChI is InChI=1S/C25H26N2O3/c1-17-5-4-6-19(13-17)23-15-24(27-26-23)22-12-11-21(14-25(22)29-3)30-16-18-7-9-20(28-2)10-8-18/h4-12,14-15,17H,13,16H2,1-3H3,(H,26,27). The Bertz CT molecular complexity index is 1060. The summed E-state index contributed by atoms with van der Waals surface area (Å²) in [5, 5.41) is 7.66. The lowest BCUT2D eigenvalue weighted by molar-refractivity contribution is 0.303. The van der Waals surface area contributed by atoms with E-state index in [9.17, 15) is 0 Å². The molecule has 0 radical (unpaired) electrons. The molecular weight excluding hydrogens is 376 g/mol. The zero-order chi connectivity index (χ0) is 20.9. The Kier molecular flexibility index (Phi) is 5.89. The molecule has 1 unspecified atom stereocenters. The molecule has 3 aromatic rings. The molecule has 1 atom stereocenters. The number of nitrogens with zero attached hydrogens (tertiary/aromatic N) is 1. The van der Waals surface area contributed by atoms with Crippen LogP contribution in [0, 0.1) is 5.92 Å². The van der Waals surface area contributed by atoms with Gasteiger partial charge in [-0.25, -0.2) is 0 Å². The molecule has 1 N–H and O–H groups in total. The number of aromatic nitrogens is 2. The molecule has 1 heterocycles. The molecule has 5 heteroatoms. The van der Waals surface area contributed by atoms with Crippen LogP contribution in [-0.2, 0) is 6.61 Å². The number of benzene rings is 2. The molecule has 4 rings (SSSR count). The number of rotatable bonds is 7. The van der Waals surface area contributed by atoms with Crippen LogP contribution in [-0.4, -0.2) is 24.4 Å². The van der Waals surface area contributed by atoms with Crippen LogP contribution in [0.2, 0.25) is 0 Å². The molecule has 0 saturated carbocycles. The first kappa shape index (κ1) is 19.8. The van der Waals surface area contributed by atoms with Crippen LogP contribution in [0.15, 0.2) is 66.8 Å². The van der Waals surface area contributed by atoms with Gasteiger partial charge in [0.2, 0.25) is 0 Å². The maximum atomic E-state index is 5.95. The normalized spacial score (nSPS) is 15.6. The van der Waals surface area contributed by atoms with Gasteiger partial charge < -0.3 is 14.2 Å². The van der Waals surface area contributed by atoms with Crippen LogP contribution < -0.4 is 14.2 Å². The van der Waals surface area contributed by atoms with Crippen molar-refractivity contribution in [3.05, 3.63) is 78.0 Å². The highest BCUT2D eigenvalue weighted by molar-refractivity contribution is 5.74. The molecule has 154 valence electrons. The fraction of sp³-hybridized carbons (Fsp3) is 0.240. The molecule has 0 bridgehead atoms. The van der Waals surface area contributed by atoms with E-state index in [1.165, 1.54) is 5.57 Å². The second kappa shape index (κ2) is 8.91. The summed E-state index contributed by atoms with van der Waals surface area (Å²) in [7, 11) is 3.32. The first-order chi connectivity index (χ1) is 14.7. The third kappa shape index (κ3) is 4.40. The van der Waals surface area contributed by atoms with Gasteiger partial charge in [-0.15, -0.1) is 0 Å². The molecule has 0 spiro atoms. The van der Waals surface area contributed by atoms with Crippen molar-refractivity contribution in [3.63, 3.8) is 0 Å². The van der Waals surface area contributed by atoms with E-state index < -0.39 is 0 Å². The van der Waals surface area contributed by atoms with Crippen molar-refractivity contribution >= 4 is 5.57 Å². The topological polar surface area (TPSA) is 56.4 Å². The van der Waals surface area contributed by atoms with Crippen molar-refractivity contribution in [1.29, 1.82) is 0 Å². The van der Waals surface area contributed by atoms with E-state index >= 15 is 0 Å². The Morgan fingerprint density at radius 2 is 1.80 bits per heavy atom. The van der Waals surface area contributed by atoms with Crippen LogP contribution in [0.4, 0.5) is 0 Å². The zero-order valence-electron chi connectivity index (χ0n) is 17.5. The fourth-order valence-corrected chi connectivity index (χ4v) is 3.53. The number of allylic oxidation sites excluding steroid dienone is 4. The van der Waals surface area contributed by atoms with Crippen LogP contribution in [0.25, 0.3) is 16.8 Å². The summed E-state index contributed by atoms with van der Waals surface area (Å²) in [4.78, 5) is 0. The first-order valence-electron chi connectivity index (χ1n) is 10.0. The second-order valence-corrected chi connectivity index (χ2v) is 7.42. The van der Waals surface area contributed by atoms with E-state index in [4.69, 9.17) is 14.2 Å². The van der Waals surface area contributed by atoms with E-state index in [2.05, 4.69) is 41.4 Å². The second-order valence-electron chi connectivity index (χ2n) is 7.42. The van der Waals surface area contributed by atoms with Gasteiger partial charge in [0.25, 0.3) is 0 Å². The minimum atomic E-state index is 0.473. The number of ether oxygens (including phenoxy) is 3. The third-order valence-electron chi connectivity index (χ3n) is 5.21. The number of methoxy groups -OCH3 is 2. The maximum Gasteiger partial charge on any atom is 0.131 e. The maximum absolute atomic E-state index is 5.95. The summed E-state index contributed by atoms with van der Waals surface area (Å²) in [6, 6.07) is 15.8. The highest BCUT2D eigenvalue weighted by Crippen LogP contribution is 2.35. The predicted molar refractivity (Wildman–Crippen MR) is 119 cm³/mol. The van der Waals surface area contributed by atoms with Gasteiger partial charge in [0.05, 0.1) is 25.6 Å². The molecular formula is C25H26N2O3. The third-order valence-corrected chi connectivity index (χ3v) is 5.21. The number of aromatic amines is 1. The molecule has 0 fully saturated rings. The average molecular weight is 402 g/mol. The van der Waals surface area contributed by atoms with Gasteiger partial charge in [0.15, 0.2) is 0 Å². The Morgan fingerprint density at radius 3 is 2.53 bits per heavy atom. The average Bonchev–Trinajstić information content (AvgIpc) is 3.28. The van der Waals surface area contributed by atoms with Gasteiger partial charge >= 0.3 is 0 Å². The molecule has 5 nitrogen and oxygen atoms in total. The SMILES string of the molecule is COc1ccc(COc2ccc(-c3cc(C4=CC=CC(C)C4)n[nH]3)c(OC)c2)cc1. The minimum absolute atomic E-state index is 0.473. The summed E-state index contributed by atoms with van der Waals surface area (Å²) in [5.41, 5.74) is 5.16. The molecule has 0 amide bonds. The highest BCUT2D eigenvalue weighted by atomic mass is 16.5. The van der Waals surface area contributed by atoms with Crippen molar-refractivity contribution in [1.82, 2.24) is 10.2 Å². The van der Waals surface area contributed by atoms with Crippen molar-refractivity contribution < 1.29 is 14.2 Å². The van der Waals surface area contributed by atoms with Crippen molar-refractivity contribution in [3.8, 4) is 28.5 Å². The lowest BCUT2D eigenvalue weighted by Crippen LogP contribution is -1.97. The summed E-state index contributed by atoms with van der Waals surface area (Å²) < 4.78 is 16.8. The van der Waals surface area contributed by atoms with Gasteiger partial charge in [0, 0.05) is 11.6 Å². The Labute approximate surface area is 177 Å². The predicted octanol–water partition coefficient (Wildman–Crippen LogP) is 5.65. The molecule has 1 aromatic heterocycles. The summed E-state index contributed by atoms with van der Waals surface area (Å²) in [6.45, 7) is 2.69. The number of nitrogens with one attached hydrogen (secondary N) is 1.